The molecule has 8 nitrogen and oxygen atoms in total. The Hall–Kier alpha value is -2.38. The van der Waals surface area contributed by atoms with E-state index in [0.29, 0.717) is 12.2 Å². The number of nitrogens with zero attached hydrogens (tertiary/aromatic N) is 1. The molecule has 1 spiro atoms. The average molecular weight is 375 g/mol. The van der Waals surface area contributed by atoms with Gasteiger partial charge >= 0.3 is 5.97 Å². The number of aliphatic carboxylic acids is 1. The minimum atomic E-state index is -0.914. The first-order valence-electron chi connectivity index (χ1n) is 9.52. The van der Waals surface area contributed by atoms with Crippen LogP contribution in [0.1, 0.15) is 50.0 Å². The highest BCUT2D eigenvalue weighted by Gasteiger charge is 2.78. The second-order valence-electron chi connectivity index (χ2n) is 8.42. The molecular weight excluding hydrogens is 350 g/mol. The number of hydrogen-bond donors (Lipinski definition) is 3. The van der Waals surface area contributed by atoms with Gasteiger partial charge in [-0.1, -0.05) is 5.16 Å². The maximum atomic E-state index is 13.1. The number of hydrogen-bond acceptors (Lipinski definition) is 5. The maximum Gasteiger partial charge on any atom is 0.307 e. The minimum absolute atomic E-state index is 0.00569. The summed E-state index contributed by atoms with van der Waals surface area (Å²) in [7, 11) is 0. The van der Waals surface area contributed by atoms with E-state index in [0.717, 1.165) is 31.4 Å². The quantitative estimate of drug-likeness (QED) is 0.658. The molecule has 1 heterocycles. The molecule has 8 heteroatoms. The lowest BCUT2D eigenvalue weighted by Crippen LogP contribution is -2.46. The van der Waals surface area contributed by atoms with Crippen LogP contribution in [-0.2, 0) is 20.9 Å². The van der Waals surface area contributed by atoms with Crippen LogP contribution in [0.4, 0.5) is 0 Å². The molecule has 0 saturated heterocycles. The topological polar surface area (TPSA) is 136 Å². The summed E-state index contributed by atoms with van der Waals surface area (Å²) in [4.78, 5) is 36.7. The molecule has 0 unspecified atom stereocenters. The van der Waals surface area contributed by atoms with Gasteiger partial charge < -0.3 is 20.7 Å². The van der Waals surface area contributed by atoms with E-state index in [9.17, 15) is 19.5 Å². The van der Waals surface area contributed by atoms with Crippen molar-refractivity contribution in [1.29, 1.82) is 0 Å². The van der Waals surface area contributed by atoms with E-state index >= 15 is 0 Å². The van der Waals surface area contributed by atoms with E-state index in [2.05, 4.69) is 10.5 Å². The first kappa shape index (κ1) is 18.0. The first-order valence-corrected chi connectivity index (χ1v) is 9.52. The summed E-state index contributed by atoms with van der Waals surface area (Å²) >= 11 is 0. The Morgan fingerprint density at radius 2 is 2.11 bits per heavy atom. The summed E-state index contributed by atoms with van der Waals surface area (Å²) in [5.41, 5.74) is 5.54. The second-order valence-corrected chi connectivity index (χ2v) is 8.42. The minimum Gasteiger partial charge on any atom is -0.481 e. The number of aryl methyl sites for hydroxylation is 1. The van der Waals surface area contributed by atoms with Gasteiger partial charge in [0.2, 0.25) is 11.8 Å². The van der Waals surface area contributed by atoms with Crippen LogP contribution in [0, 0.1) is 35.5 Å². The highest BCUT2D eigenvalue weighted by Crippen LogP contribution is 2.81. The molecule has 1 aromatic heterocycles. The van der Waals surface area contributed by atoms with E-state index in [4.69, 9.17) is 10.3 Å². The molecule has 27 heavy (non-hydrogen) atoms. The van der Waals surface area contributed by atoms with Crippen LogP contribution in [0.5, 0.6) is 0 Å². The van der Waals surface area contributed by atoms with Crippen molar-refractivity contribution in [2.24, 2.45) is 34.3 Å². The van der Waals surface area contributed by atoms with Crippen molar-refractivity contribution >= 4 is 17.8 Å². The molecule has 3 saturated carbocycles. The van der Waals surface area contributed by atoms with E-state index < -0.39 is 29.1 Å². The third kappa shape index (κ3) is 2.56. The molecular formula is C19H25N3O5. The zero-order chi connectivity index (χ0) is 19.4. The molecule has 2 bridgehead atoms. The van der Waals surface area contributed by atoms with Gasteiger partial charge in [0, 0.05) is 12.5 Å². The Labute approximate surface area is 156 Å². The van der Waals surface area contributed by atoms with Crippen LogP contribution in [0.2, 0.25) is 0 Å². The molecule has 4 N–H and O–H groups in total. The van der Waals surface area contributed by atoms with Crippen LogP contribution in [0.15, 0.2) is 10.6 Å². The second kappa shape index (κ2) is 6.07. The Morgan fingerprint density at radius 1 is 1.37 bits per heavy atom. The van der Waals surface area contributed by atoms with Crippen LogP contribution >= 0.6 is 0 Å². The molecule has 3 aliphatic carbocycles. The summed E-state index contributed by atoms with van der Waals surface area (Å²) in [5, 5.41) is 16.5. The van der Waals surface area contributed by atoms with Gasteiger partial charge in [-0.25, -0.2) is 0 Å². The highest BCUT2D eigenvalue weighted by molar-refractivity contribution is 5.87. The normalized spacial score (nSPS) is 32.6. The van der Waals surface area contributed by atoms with Gasteiger partial charge in [-0.05, 0) is 55.8 Å². The van der Waals surface area contributed by atoms with Crippen LogP contribution in [0.25, 0.3) is 0 Å². The molecule has 3 aliphatic rings. The molecule has 0 radical (unpaired) electrons. The standard InChI is InChI=1S/C19H25N3O5/c1-10-8-11(27-22-10)9-21-16(24)15-14(17(25)26)12-2-4-19(15,5-3-13(20)23)18(12)6-7-18/h8,12,14-15H,2-7,9H2,1H3,(H2,20,23)(H,21,24)(H,25,26)/t12-,14-,15+,19+/m1/s1. The number of carbonyl (C=O) groups excluding carboxylic acids is 2. The number of primary amides is 1. The monoisotopic (exact) mass is 375 g/mol. The van der Waals surface area contributed by atoms with Crippen molar-refractivity contribution in [3.63, 3.8) is 0 Å². The number of carboxylic acid groups (broad SMARTS) is 1. The number of aromatic nitrogens is 1. The summed E-state index contributed by atoms with van der Waals surface area (Å²) in [6, 6.07) is 1.74. The number of nitrogens with one attached hydrogen (secondary N) is 1. The van der Waals surface area contributed by atoms with Gasteiger partial charge in [-0.2, -0.15) is 0 Å². The Morgan fingerprint density at radius 3 is 2.67 bits per heavy atom. The van der Waals surface area contributed by atoms with Crippen molar-refractivity contribution in [3.05, 3.63) is 17.5 Å². The number of carboxylic acids is 1. The number of nitrogens with two attached hydrogens (primary N) is 1. The number of carbonyl (C=O) groups is 3. The molecule has 4 atom stereocenters. The zero-order valence-electron chi connectivity index (χ0n) is 15.4. The molecule has 2 amide bonds. The SMILES string of the molecule is Cc1cc(CNC(=O)[C@@H]2[C@H](C(=O)O)[C@H]3CC[C@@]2(CCC(N)=O)C32CC2)on1. The van der Waals surface area contributed by atoms with Gasteiger partial charge in [0.1, 0.15) is 0 Å². The predicted molar refractivity (Wildman–Crippen MR) is 93.0 cm³/mol. The maximum absolute atomic E-state index is 13.1. The van der Waals surface area contributed by atoms with E-state index in [1.54, 1.807) is 13.0 Å². The van der Waals surface area contributed by atoms with Crippen molar-refractivity contribution < 1.29 is 24.0 Å². The fourth-order valence-electron chi connectivity index (χ4n) is 6.26. The average Bonchev–Trinajstić information content (AvgIpc) is 3.16. The van der Waals surface area contributed by atoms with Crippen molar-refractivity contribution in [3.8, 4) is 0 Å². The molecule has 146 valence electrons. The smallest absolute Gasteiger partial charge is 0.307 e. The summed E-state index contributed by atoms with van der Waals surface area (Å²) in [6.45, 7) is 1.97. The third-order valence-corrected chi connectivity index (χ3v) is 7.28. The summed E-state index contributed by atoms with van der Waals surface area (Å²) in [6.07, 6.45) is 4.14. The zero-order valence-corrected chi connectivity index (χ0v) is 15.4. The fourth-order valence-corrected chi connectivity index (χ4v) is 6.26. The van der Waals surface area contributed by atoms with Gasteiger partial charge in [0.05, 0.1) is 24.1 Å². The lowest BCUT2D eigenvalue weighted by atomic mass is 9.64. The van der Waals surface area contributed by atoms with Crippen LogP contribution in [0.3, 0.4) is 0 Å². The number of rotatable bonds is 7. The molecule has 4 rings (SSSR count). The number of amides is 2. The van der Waals surface area contributed by atoms with E-state index in [1.165, 1.54) is 0 Å². The van der Waals surface area contributed by atoms with Gasteiger partial charge in [-0.15, -0.1) is 0 Å². The molecule has 3 fully saturated rings. The van der Waals surface area contributed by atoms with Crippen molar-refractivity contribution in [2.45, 2.75) is 52.0 Å². The summed E-state index contributed by atoms with van der Waals surface area (Å²) in [5.74, 6) is -2.39. The largest absolute Gasteiger partial charge is 0.481 e. The van der Waals surface area contributed by atoms with E-state index in [-0.39, 0.29) is 30.2 Å². The summed E-state index contributed by atoms with van der Waals surface area (Å²) < 4.78 is 5.13. The Balaban J connectivity index is 1.61. The molecule has 0 aromatic carbocycles. The van der Waals surface area contributed by atoms with Crippen LogP contribution in [-0.4, -0.2) is 28.0 Å². The van der Waals surface area contributed by atoms with Gasteiger partial charge in [0.25, 0.3) is 0 Å². The van der Waals surface area contributed by atoms with Crippen LogP contribution < -0.4 is 11.1 Å². The molecule has 1 aromatic rings. The molecule has 0 aliphatic heterocycles. The van der Waals surface area contributed by atoms with E-state index in [1.807, 2.05) is 0 Å². The third-order valence-electron chi connectivity index (χ3n) is 7.28. The lowest BCUT2D eigenvalue weighted by molar-refractivity contribution is -0.151. The van der Waals surface area contributed by atoms with Gasteiger partial charge in [0.15, 0.2) is 5.76 Å². The predicted octanol–water partition coefficient (Wildman–Crippen LogP) is 1.37. The van der Waals surface area contributed by atoms with Crippen molar-refractivity contribution in [2.75, 3.05) is 0 Å². The first-order chi connectivity index (χ1) is 12.8. The highest BCUT2D eigenvalue weighted by atomic mass is 16.5. The lowest BCUT2D eigenvalue weighted by Gasteiger charge is -2.39. The Kier molecular flexibility index (Phi) is 4.05. The Bertz CT molecular complexity index is 799. The fraction of sp³-hybridized carbons (Fsp3) is 0.684. The van der Waals surface area contributed by atoms with Gasteiger partial charge in [-0.3, -0.25) is 14.4 Å². The van der Waals surface area contributed by atoms with Crippen molar-refractivity contribution in [1.82, 2.24) is 10.5 Å².